The molecule has 1 heterocycles. The second kappa shape index (κ2) is 5.07. The Kier molecular flexibility index (Phi) is 3.67. The lowest BCUT2D eigenvalue weighted by molar-refractivity contribution is 0.581. The van der Waals surface area contributed by atoms with Gasteiger partial charge in [0.25, 0.3) is 0 Å². The predicted molar refractivity (Wildman–Crippen MR) is 69.1 cm³/mol. The van der Waals surface area contributed by atoms with Gasteiger partial charge in [0, 0.05) is 25.1 Å². The number of nitrogen functional groups attached to an aromatic ring is 1. The van der Waals surface area contributed by atoms with E-state index in [0.717, 1.165) is 17.8 Å². The molecule has 0 aliphatic carbocycles. The molecule has 2 rings (SSSR count). The molecule has 8 heteroatoms. The highest BCUT2D eigenvalue weighted by atomic mass is 32.2. The van der Waals surface area contributed by atoms with Crippen LogP contribution in [0.5, 0.6) is 0 Å². The molecule has 0 aliphatic rings. The van der Waals surface area contributed by atoms with E-state index in [-0.39, 0.29) is 5.69 Å². The zero-order valence-corrected chi connectivity index (χ0v) is 11.3. The molecule has 0 saturated carbocycles. The normalized spacial score (nSPS) is 10.7. The van der Waals surface area contributed by atoms with Crippen molar-refractivity contribution < 1.29 is 8.78 Å². The first-order valence-electron chi connectivity index (χ1n) is 4.90. The largest absolute Gasteiger partial charge is 0.395 e. The standard InChI is InChI=1S/C10H10F2N4S2/c1-16(2)9-14-15-10(18-9)17-7-4-5(11)3-6(12)8(7)13/h3-4H,13H2,1-2H3. The van der Waals surface area contributed by atoms with Gasteiger partial charge in [0.15, 0.2) is 4.34 Å². The number of rotatable bonds is 3. The van der Waals surface area contributed by atoms with E-state index in [1.54, 1.807) is 4.90 Å². The molecule has 18 heavy (non-hydrogen) atoms. The predicted octanol–water partition coefficient (Wildman–Crippen LogP) is 2.62. The maximum Gasteiger partial charge on any atom is 0.208 e. The summed E-state index contributed by atoms with van der Waals surface area (Å²) in [5, 5.41) is 8.57. The van der Waals surface area contributed by atoms with Crippen molar-refractivity contribution in [1.29, 1.82) is 0 Å². The molecule has 0 atom stereocenters. The van der Waals surface area contributed by atoms with Crippen molar-refractivity contribution in [2.75, 3.05) is 24.7 Å². The number of nitrogens with zero attached hydrogens (tertiary/aromatic N) is 3. The maximum atomic E-state index is 13.3. The van der Waals surface area contributed by atoms with Gasteiger partial charge < -0.3 is 10.6 Å². The topological polar surface area (TPSA) is 55.0 Å². The highest BCUT2D eigenvalue weighted by Crippen LogP contribution is 2.36. The number of hydrogen-bond acceptors (Lipinski definition) is 6. The van der Waals surface area contributed by atoms with Gasteiger partial charge >= 0.3 is 0 Å². The molecule has 2 aromatic rings. The lowest BCUT2D eigenvalue weighted by Crippen LogP contribution is -2.07. The van der Waals surface area contributed by atoms with Crippen LogP contribution in [0.3, 0.4) is 0 Å². The average Bonchev–Trinajstić information content (AvgIpc) is 2.74. The van der Waals surface area contributed by atoms with Crippen molar-refractivity contribution in [1.82, 2.24) is 10.2 Å². The lowest BCUT2D eigenvalue weighted by Gasteiger charge is -2.05. The van der Waals surface area contributed by atoms with Gasteiger partial charge in [0.1, 0.15) is 11.6 Å². The van der Waals surface area contributed by atoms with Crippen molar-refractivity contribution in [2.45, 2.75) is 9.24 Å². The molecule has 0 aliphatic heterocycles. The van der Waals surface area contributed by atoms with Crippen molar-refractivity contribution in [3.63, 3.8) is 0 Å². The van der Waals surface area contributed by atoms with Crippen LogP contribution >= 0.6 is 23.1 Å². The zero-order chi connectivity index (χ0) is 13.3. The Labute approximate surface area is 111 Å². The number of benzene rings is 1. The van der Waals surface area contributed by atoms with Gasteiger partial charge in [0.2, 0.25) is 5.13 Å². The van der Waals surface area contributed by atoms with E-state index >= 15 is 0 Å². The molecule has 96 valence electrons. The maximum absolute atomic E-state index is 13.3. The van der Waals surface area contributed by atoms with Crippen LogP contribution in [0.1, 0.15) is 0 Å². The van der Waals surface area contributed by atoms with Gasteiger partial charge in [-0.3, -0.25) is 0 Å². The summed E-state index contributed by atoms with van der Waals surface area (Å²) < 4.78 is 26.9. The molecule has 0 saturated heterocycles. The Bertz CT molecular complexity index is 571. The Morgan fingerprint density at radius 1 is 1.28 bits per heavy atom. The Morgan fingerprint density at radius 2 is 2.00 bits per heavy atom. The minimum atomic E-state index is -0.769. The first-order chi connectivity index (χ1) is 8.47. The molecular formula is C10H10F2N4S2. The number of anilines is 2. The van der Waals surface area contributed by atoms with Gasteiger partial charge in [-0.2, -0.15) is 0 Å². The van der Waals surface area contributed by atoms with E-state index in [1.165, 1.54) is 17.4 Å². The lowest BCUT2D eigenvalue weighted by atomic mass is 10.3. The molecule has 0 spiro atoms. The average molecular weight is 288 g/mol. The molecule has 4 nitrogen and oxygen atoms in total. The van der Waals surface area contributed by atoms with Crippen molar-refractivity contribution in [3.8, 4) is 0 Å². The van der Waals surface area contributed by atoms with E-state index in [0.29, 0.717) is 14.4 Å². The second-order valence-electron chi connectivity index (χ2n) is 3.65. The number of nitrogens with two attached hydrogens (primary N) is 1. The fraction of sp³-hybridized carbons (Fsp3) is 0.200. The smallest absolute Gasteiger partial charge is 0.208 e. The van der Waals surface area contributed by atoms with Crippen LogP contribution in [0.4, 0.5) is 19.6 Å². The quantitative estimate of drug-likeness (QED) is 0.880. The molecule has 1 aromatic heterocycles. The van der Waals surface area contributed by atoms with Gasteiger partial charge in [-0.1, -0.05) is 23.1 Å². The van der Waals surface area contributed by atoms with Gasteiger partial charge in [-0.15, -0.1) is 10.2 Å². The van der Waals surface area contributed by atoms with Gasteiger partial charge in [-0.25, -0.2) is 8.78 Å². The minimum absolute atomic E-state index is 0.0806. The first-order valence-corrected chi connectivity index (χ1v) is 6.54. The summed E-state index contributed by atoms with van der Waals surface area (Å²) in [6.45, 7) is 0. The summed E-state index contributed by atoms with van der Waals surface area (Å²) in [4.78, 5) is 2.10. The molecule has 0 fully saturated rings. The van der Waals surface area contributed by atoms with Gasteiger partial charge in [0.05, 0.1) is 5.69 Å². The SMILES string of the molecule is CN(C)c1nnc(Sc2cc(F)cc(F)c2N)s1. The molecule has 0 radical (unpaired) electrons. The highest BCUT2D eigenvalue weighted by molar-refractivity contribution is 8.01. The number of aromatic nitrogens is 2. The molecule has 1 aromatic carbocycles. The van der Waals surface area contributed by atoms with E-state index in [2.05, 4.69) is 10.2 Å². The highest BCUT2D eigenvalue weighted by Gasteiger charge is 2.13. The fourth-order valence-electron chi connectivity index (χ4n) is 1.16. The Morgan fingerprint density at radius 3 is 2.61 bits per heavy atom. The van der Waals surface area contributed by atoms with E-state index in [4.69, 9.17) is 5.73 Å². The summed E-state index contributed by atoms with van der Waals surface area (Å²) in [6.07, 6.45) is 0. The summed E-state index contributed by atoms with van der Waals surface area (Å²) in [5.74, 6) is -1.43. The monoisotopic (exact) mass is 288 g/mol. The van der Waals surface area contributed by atoms with Crippen molar-refractivity contribution in [2.24, 2.45) is 0 Å². The van der Waals surface area contributed by atoms with Crippen molar-refractivity contribution >= 4 is 33.9 Å². The van der Waals surface area contributed by atoms with Crippen LogP contribution in [-0.4, -0.2) is 24.3 Å². The van der Waals surface area contributed by atoms with Crippen LogP contribution in [0.25, 0.3) is 0 Å². The van der Waals surface area contributed by atoms with Crippen LogP contribution in [0.15, 0.2) is 21.4 Å². The fourth-order valence-corrected chi connectivity index (χ4v) is 2.97. The van der Waals surface area contributed by atoms with Crippen LogP contribution in [0, 0.1) is 11.6 Å². The summed E-state index contributed by atoms with van der Waals surface area (Å²) in [6, 6.07) is 1.94. The Hall–Kier alpha value is -1.41. The minimum Gasteiger partial charge on any atom is -0.395 e. The third-order valence-electron chi connectivity index (χ3n) is 2.03. The molecule has 0 amide bonds. The summed E-state index contributed by atoms with van der Waals surface area (Å²) in [5.41, 5.74) is 5.47. The van der Waals surface area contributed by atoms with E-state index in [9.17, 15) is 8.78 Å². The Balaban J connectivity index is 2.28. The molecule has 2 N–H and O–H groups in total. The number of halogens is 2. The van der Waals surface area contributed by atoms with Crippen molar-refractivity contribution in [3.05, 3.63) is 23.8 Å². The van der Waals surface area contributed by atoms with Crippen LogP contribution in [0.2, 0.25) is 0 Å². The van der Waals surface area contributed by atoms with Gasteiger partial charge in [-0.05, 0) is 6.07 Å². The third kappa shape index (κ3) is 2.70. The molecular weight excluding hydrogens is 278 g/mol. The van der Waals surface area contributed by atoms with Crippen LogP contribution in [-0.2, 0) is 0 Å². The first kappa shape index (κ1) is 13.0. The van der Waals surface area contributed by atoms with E-state index in [1.807, 2.05) is 14.1 Å². The third-order valence-corrected chi connectivity index (χ3v) is 4.23. The van der Waals surface area contributed by atoms with E-state index < -0.39 is 11.6 Å². The molecule has 0 bridgehead atoms. The zero-order valence-electron chi connectivity index (χ0n) is 9.65. The second-order valence-corrected chi connectivity index (χ2v) is 5.89. The van der Waals surface area contributed by atoms with Crippen LogP contribution < -0.4 is 10.6 Å². The molecule has 0 unspecified atom stereocenters. The summed E-state index contributed by atoms with van der Waals surface area (Å²) in [7, 11) is 3.68. The summed E-state index contributed by atoms with van der Waals surface area (Å²) >= 11 is 2.42. The number of hydrogen-bond donors (Lipinski definition) is 1.